The van der Waals surface area contributed by atoms with E-state index in [4.69, 9.17) is 14.9 Å². The van der Waals surface area contributed by atoms with Gasteiger partial charge in [-0.25, -0.2) is 19.3 Å². The minimum atomic E-state index is -1.43. The summed E-state index contributed by atoms with van der Waals surface area (Å²) in [5.41, 5.74) is -0.650. The maximum Gasteiger partial charge on any atom is 0.336 e. The molecule has 0 spiro atoms. The van der Waals surface area contributed by atoms with E-state index in [1.165, 1.54) is 42.5 Å². The summed E-state index contributed by atoms with van der Waals surface area (Å²) in [6, 6.07) is 12.9. The van der Waals surface area contributed by atoms with Crippen molar-refractivity contribution in [3.05, 3.63) is 88.5 Å². The summed E-state index contributed by atoms with van der Waals surface area (Å²) < 4.78 is 5.57. The molecular formula is C23H13NO9. The quantitative estimate of drug-likeness (QED) is 0.482. The lowest BCUT2D eigenvalue weighted by Gasteiger charge is -2.15. The van der Waals surface area contributed by atoms with Crippen LogP contribution in [0.15, 0.2) is 60.7 Å². The molecule has 0 bridgehead atoms. The lowest BCUT2D eigenvalue weighted by Crippen LogP contribution is -2.29. The van der Waals surface area contributed by atoms with Gasteiger partial charge in [0, 0.05) is 0 Å². The number of imide groups is 1. The molecule has 10 heteroatoms. The van der Waals surface area contributed by atoms with Crippen LogP contribution in [-0.4, -0.2) is 45.0 Å². The van der Waals surface area contributed by atoms with Gasteiger partial charge in [0.15, 0.2) is 0 Å². The molecule has 164 valence electrons. The Hall–Kier alpha value is -4.99. The molecule has 3 N–H and O–H groups in total. The van der Waals surface area contributed by atoms with Gasteiger partial charge in [0.05, 0.1) is 33.5 Å². The van der Waals surface area contributed by atoms with Crippen molar-refractivity contribution >= 4 is 35.4 Å². The Morgan fingerprint density at radius 3 is 1.85 bits per heavy atom. The molecule has 0 saturated heterocycles. The number of hydrogen-bond donors (Lipinski definition) is 3. The van der Waals surface area contributed by atoms with Crippen LogP contribution >= 0.6 is 0 Å². The fraction of sp³-hybridized carbons (Fsp3) is 0. The monoisotopic (exact) mass is 447 g/mol. The van der Waals surface area contributed by atoms with Gasteiger partial charge in [-0.3, -0.25) is 9.59 Å². The van der Waals surface area contributed by atoms with Crippen LogP contribution in [0.1, 0.15) is 51.8 Å². The van der Waals surface area contributed by atoms with Gasteiger partial charge in [0.25, 0.3) is 11.8 Å². The number of rotatable bonds is 6. The molecule has 2 amide bonds. The molecule has 4 rings (SSSR count). The summed E-state index contributed by atoms with van der Waals surface area (Å²) in [6.45, 7) is 0. The molecule has 0 aliphatic carbocycles. The first-order valence-electron chi connectivity index (χ1n) is 9.32. The van der Waals surface area contributed by atoms with Gasteiger partial charge in [0.2, 0.25) is 0 Å². The van der Waals surface area contributed by atoms with Gasteiger partial charge in [-0.1, -0.05) is 0 Å². The molecule has 33 heavy (non-hydrogen) atoms. The van der Waals surface area contributed by atoms with Crippen molar-refractivity contribution in [2.75, 3.05) is 4.90 Å². The van der Waals surface area contributed by atoms with Gasteiger partial charge in [0.1, 0.15) is 11.5 Å². The molecule has 0 aromatic heterocycles. The van der Waals surface area contributed by atoms with Crippen LogP contribution in [0, 0.1) is 0 Å². The highest BCUT2D eigenvalue weighted by molar-refractivity contribution is 6.34. The van der Waals surface area contributed by atoms with Crippen molar-refractivity contribution in [2.45, 2.75) is 0 Å². The number of anilines is 1. The zero-order chi connectivity index (χ0) is 23.9. The number of carboxylic acids is 3. The van der Waals surface area contributed by atoms with E-state index in [1.807, 2.05) is 0 Å². The summed E-state index contributed by atoms with van der Waals surface area (Å²) in [7, 11) is 0. The molecule has 0 atom stereocenters. The van der Waals surface area contributed by atoms with Crippen molar-refractivity contribution in [1.82, 2.24) is 0 Å². The van der Waals surface area contributed by atoms with Gasteiger partial charge >= 0.3 is 17.9 Å². The van der Waals surface area contributed by atoms with E-state index in [0.29, 0.717) is 0 Å². The third kappa shape index (κ3) is 3.76. The fourth-order valence-electron chi connectivity index (χ4n) is 3.36. The molecule has 1 heterocycles. The molecule has 0 fully saturated rings. The average Bonchev–Trinajstić information content (AvgIpc) is 3.03. The van der Waals surface area contributed by atoms with Crippen molar-refractivity contribution < 1.29 is 44.0 Å². The fourth-order valence-corrected chi connectivity index (χ4v) is 3.36. The Labute approximate surface area is 184 Å². The predicted octanol–water partition coefficient (Wildman–Crippen LogP) is 3.37. The van der Waals surface area contributed by atoms with Gasteiger partial charge in [-0.15, -0.1) is 0 Å². The van der Waals surface area contributed by atoms with E-state index in [1.54, 1.807) is 0 Å². The second-order valence-electron chi connectivity index (χ2n) is 6.92. The topological polar surface area (TPSA) is 159 Å². The molecule has 1 aliphatic rings. The molecule has 10 nitrogen and oxygen atoms in total. The van der Waals surface area contributed by atoms with Crippen molar-refractivity contribution in [2.24, 2.45) is 0 Å². The van der Waals surface area contributed by atoms with Crippen LogP contribution in [-0.2, 0) is 0 Å². The SMILES string of the molecule is O=C(O)c1ccc2c(c1)C(=O)N(c1ccc(Oc3ccc(C(=O)O)c(C(=O)O)c3)cc1)C2=O. The first kappa shape index (κ1) is 21.2. The second kappa shape index (κ2) is 7.93. The number of hydrogen-bond acceptors (Lipinski definition) is 6. The number of carboxylic acid groups (broad SMARTS) is 3. The minimum absolute atomic E-state index is 0.0139. The van der Waals surface area contributed by atoms with Crippen LogP contribution in [0.5, 0.6) is 11.5 Å². The summed E-state index contributed by atoms with van der Waals surface area (Å²) in [4.78, 5) is 59.9. The van der Waals surface area contributed by atoms with E-state index < -0.39 is 35.3 Å². The number of benzene rings is 3. The maximum absolute atomic E-state index is 12.7. The molecule has 0 saturated carbocycles. The number of nitrogens with zero attached hydrogens (tertiary/aromatic N) is 1. The maximum atomic E-state index is 12.7. The first-order valence-corrected chi connectivity index (χ1v) is 9.32. The molecule has 0 radical (unpaired) electrons. The van der Waals surface area contributed by atoms with E-state index in [9.17, 15) is 29.1 Å². The zero-order valence-corrected chi connectivity index (χ0v) is 16.5. The zero-order valence-electron chi connectivity index (χ0n) is 16.5. The number of aromatic carboxylic acids is 3. The molecule has 3 aromatic rings. The Morgan fingerprint density at radius 1 is 0.636 bits per heavy atom. The van der Waals surface area contributed by atoms with E-state index in [-0.39, 0.29) is 39.4 Å². The minimum Gasteiger partial charge on any atom is -0.478 e. The summed E-state index contributed by atoms with van der Waals surface area (Å²) in [6.07, 6.45) is 0. The Bertz CT molecular complexity index is 1360. The lowest BCUT2D eigenvalue weighted by molar-refractivity contribution is 0.0651. The average molecular weight is 447 g/mol. The first-order chi connectivity index (χ1) is 15.7. The van der Waals surface area contributed by atoms with Crippen molar-refractivity contribution in [1.29, 1.82) is 0 Å². The third-order valence-corrected chi connectivity index (χ3v) is 4.92. The summed E-state index contributed by atoms with van der Waals surface area (Å²) >= 11 is 0. The number of amides is 2. The molecule has 0 unspecified atom stereocenters. The highest BCUT2D eigenvalue weighted by Gasteiger charge is 2.37. The number of ether oxygens (including phenoxy) is 1. The largest absolute Gasteiger partial charge is 0.478 e. The molecular weight excluding hydrogens is 434 g/mol. The van der Waals surface area contributed by atoms with E-state index in [0.717, 1.165) is 23.1 Å². The summed E-state index contributed by atoms with van der Waals surface area (Å²) in [5, 5.41) is 27.4. The molecule has 3 aromatic carbocycles. The Morgan fingerprint density at radius 2 is 1.24 bits per heavy atom. The second-order valence-corrected chi connectivity index (χ2v) is 6.92. The van der Waals surface area contributed by atoms with E-state index in [2.05, 4.69) is 0 Å². The van der Waals surface area contributed by atoms with Crippen molar-refractivity contribution in [3.63, 3.8) is 0 Å². The van der Waals surface area contributed by atoms with Crippen LogP contribution in [0.2, 0.25) is 0 Å². The number of carbonyl (C=O) groups excluding carboxylic acids is 2. The normalized spacial score (nSPS) is 12.4. The Kier molecular flexibility index (Phi) is 5.10. The number of carbonyl (C=O) groups is 5. The van der Waals surface area contributed by atoms with Gasteiger partial charge in [-0.2, -0.15) is 0 Å². The van der Waals surface area contributed by atoms with Gasteiger partial charge < -0.3 is 20.1 Å². The highest BCUT2D eigenvalue weighted by atomic mass is 16.5. The van der Waals surface area contributed by atoms with Crippen LogP contribution in [0.25, 0.3) is 0 Å². The molecule has 1 aliphatic heterocycles. The Balaban J connectivity index is 1.58. The predicted molar refractivity (Wildman–Crippen MR) is 111 cm³/mol. The van der Waals surface area contributed by atoms with Gasteiger partial charge in [-0.05, 0) is 60.7 Å². The smallest absolute Gasteiger partial charge is 0.336 e. The van der Waals surface area contributed by atoms with Crippen molar-refractivity contribution in [3.8, 4) is 11.5 Å². The summed E-state index contributed by atoms with van der Waals surface area (Å²) in [5.74, 6) is -4.99. The van der Waals surface area contributed by atoms with E-state index >= 15 is 0 Å². The number of fused-ring (bicyclic) bond motifs is 1. The third-order valence-electron chi connectivity index (χ3n) is 4.92. The van der Waals surface area contributed by atoms with Crippen LogP contribution in [0.4, 0.5) is 5.69 Å². The standard InChI is InChI=1S/C23H13NO9/c25-19-15-7-1-11(21(27)28)9-17(15)20(26)24(19)12-2-4-13(5-3-12)33-14-6-8-16(22(29)30)18(10-14)23(31)32/h1-10H,(H,27,28)(H,29,30)(H,31,32). The highest BCUT2D eigenvalue weighted by Crippen LogP contribution is 2.31. The van der Waals surface area contributed by atoms with Crippen LogP contribution < -0.4 is 9.64 Å². The van der Waals surface area contributed by atoms with Crippen LogP contribution in [0.3, 0.4) is 0 Å². The lowest BCUT2D eigenvalue weighted by atomic mass is 10.1.